The van der Waals surface area contributed by atoms with Gasteiger partial charge in [-0.2, -0.15) is 0 Å². The minimum atomic E-state index is -0.138. The molecule has 1 aromatic carbocycles. The van der Waals surface area contributed by atoms with Crippen molar-refractivity contribution < 1.29 is 4.79 Å². The van der Waals surface area contributed by atoms with Crippen molar-refractivity contribution in [1.82, 2.24) is 15.0 Å². The van der Waals surface area contributed by atoms with E-state index in [0.717, 1.165) is 49.5 Å². The van der Waals surface area contributed by atoms with Crippen molar-refractivity contribution in [2.24, 2.45) is 5.41 Å². The maximum Gasteiger partial charge on any atom is 0.226 e. The smallest absolute Gasteiger partial charge is 0.226 e. The van der Waals surface area contributed by atoms with Gasteiger partial charge in [-0.05, 0) is 61.1 Å². The number of rotatable bonds is 3. The predicted molar refractivity (Wildman–Crippen MR) is 141 cm³/mol. The Morgan fingerprint density at radius 1 is 0.972 bits per heavy atom. The van der Waals surface area contributed by atoms with Gasteiger partial charge in [-0.3, -0.25) is 4.79 Å². The number of benzene rings is 1. The van der Waals surface area contributed by atoms with Crippen LogP contribution in [0.15, 0.2) is 52.6 Å². The van der Waals surface area contributed by atoms with E-state index in [9.17, 15) is 4.79 Å². The zero-order valence-corrected chi connectivity index (χ0v) is 20.9. The molecule has 4 heterocycles. The number of fused-ring (bicyclic) bond motifs is 2. The average Bonchev–Trinajstić information content (AvgIpc) is 3.55. The molecule has 2 aromatic heterocycles. The molecule has 2 aliphatic heterocycles. The second-order valence-electron chi connectivity index (χ2n) is 10.8. The molecule has 2 spiro atoms. The fourth-order valence-corrected chi connectivity index (χ4v) is 6.88. The molecule has 7 rings (SSSR count). The first-order chi connectivity index (χ1) is 17.5. The lowest BCUT2D eigenvalue weighted by Crippen LogP contribution is -2.41. The first kappa shape index (κ1) is 21.9. The highest BCUT2D eigenvalue weighted by atomic mass is 32.2. The number of carbonyl (C=O) groups is 1. The maximum absolute atomic E-state index is 12.5. The van der Waals surface area contributed by atoms with E-state index in [4.69, 9.17) is 10.7 Å². The Hall–Kier alpha value is -3.33. The number of carbonyl (C=O) groups excluding carboxylic acids is 1. The van der Waals surface area contributed by atoms with Crippen molar-refractivity contribution in [1.29, 1.82) is 0 Å². The van der Waals surface area contributed by atoms with Gasteiger partial charge in [0.1, 0.15) is 10.8 Å². The van der Waals surface area contributed by atoms with Crippen LogP contribution in [-0.4, -0.2) is 39.5 Å². The summed E-state index contributed by atoms with van der Waals surface area (Å²) in [6.45, 7) is 1.93. The molecule has 1 amide bonds. The second-order valence-corrected chi connectivity index (χ2v) is 11.8. The first-order valence-electron chi connectivity index (χ1n) is 12.7. The standard InChI is InChI=1S/C27H29N7OS/c28-23-25(36-19-5-10-29-24-22(19)32-21(35)15-27(33-24)6-7-27)30-16-20(31-23)34-11-8-26(9-12-34)13-17-3-1-2-4-18(17)14-26/h1-5,10,16H,6-9,11-15H2,(H2,28,31)(H,29,33)(H,32,35). The number of piperidine rings is 1. The molecule has 0 bridgehead atoms. The van der Waals surface area contributed by atoms with Crippen LogP contribution in [0.5, 0.6) is 0 Å². The number of amides is 1. The van der Waals surface area contributed by atoms with Crippen molar-refractivity contribution in [3.05, 3.63) is 53.9 Å². The first-order valence-corrected chi connectivity index (χ1v) is 13.5. The lowest BCUT2D eigenvalue weighted by atomic mass is 9.76. The summed E-state index contributed by atoms with van der Waals surface area (Å²) in [6, 6.07) is 10.8. The van der Waals surface area contributed by atoms with Crippen LogP contribution in [0.4, 0.5) is 23.1 Å². The van der Waals surface area contributed by atoms with Gasteiger partial charge in [-0.1, -0.05) is 36.0 Å². The number of nitrogens with zero attached hydrogens (tertiary/aromatic N) is 4. The Kier molecular flexibility index (Phi) is 4.93. The molecule has 0 atom stereocenters. The summed E-state index contributed by atoms with van der Waals surface area (Å²) in [5.74, 6) is 1.96. The van der Waals surface area contributed by atoms with E-state index in [1.807, 2.05) is 12.3 Å². The van der Waals surface area contributed by atoms with Crippen LogP contribution in [0, 0.1) is 5.41 Å². The SMILES string of the molecule is Nc1nc(N2CCC3(CC2)Cc2ccccc2C3)cnc1Sc1ccnc2c1NC(=O)CC1(CC1)N2. The summed E-state index contributed by atoms with van der Waals surface area (Å²) < 4.78 is 0. The quantitative estimate of drug-likeness (QED) is 0.490. The molecule has 9 heteroatoms. The highest BCUT2D eigenvalue weighted by Crippen LogP contribution is 2.48. The number of hydrogen-bond acceptors (Lipinski definition) is 8. The molecule has 1 saturated heterocycles. The monoisotopic (exact) mass is 499 g/mol. The number of hydrogen-bond donors (Lipinski definition) is 3. The van der Waals surface area contributed by atoms with Crippen molar-refractivity contribution in [3.63, 3.8) is 0 Å². The zero-order valence-electron chi connectivity index (χ0n) is 20.1. The van der Waals surface area contributed by atoms with Crippen LogP contribution in [-0.2, 0) is 17.6 Å². The number of nitrogen functional groups attached to an aromatic ring is 1. The van der Waals surface area contributed by atoms with Crippen LogP contribution >= 0.6 is 11.8 Å². The molecule has 184 valence electrons. The van der Waals surface area contributed by atoms with E-state index in [2.05, 4.69) is 49.8 Å². The Labute approximate surface area is 214 Å². The number of nitrogens with one attached hydrogen (secondary N) is 2. The molecular formula is C27H29N7OS. The number of anilines is 4. The van der Waals surface area contributed by atoms with E-state index < -0.39 is 0 Å². The van der Waals surface area contributed by atoms with Crippen molar-refractivity contribution in [2.75, 3.05) is 34.4 Å². The lowest BCUT2D eigenvalue weighted by Gasteiger charge is -2.40. The zero-order chi connectivity index (χ0) is 24.3. The van der Waals surface area contributed by atoms with Crippen molar-refractivity contribution in [3.8, 4) is 0 Å². The summed E-state index contributed by atoms with van der Waals surface area (Å²) in [5, 5.41) is 7.15. The van der Waals surface area contributed by atoms with Crippen LogP contribution in [0.3, 0.4) is 0 Å². The van der Waals surface area contributed by atoms with Crippen LogP contribution in [0.1, 0.15) is 43.2 Å². The molecule has 2 aliphatic carbocycles. The largest absolute Gasteiger partial charge is 0.381 e. The highest BCUT2D eigenvalue weighted by molar-refractivity contribution is 7.99. The van der Waals surface area contributed by atoms with Gasteiger partial charge in [-0.25, -0.2) is 15.0 Å². The van der Waals surface area contributed by atoms with Crippen LogP contribution in [0.2, 0.25) is 0 Å². The van der Waals surface area contributed by atoms with Gasteiger partial charge in [-0.15, -0.1) is 0 Å². The van der Waals surface area contributed by atoms with Gasteiger partial charge in [0, 0.05) is 36.1 Å². The molecule has 4 aliphatic rings. The number of nitrogens with two attached hydrogens (primary N) is 1. The minimum Gasteiger partial charge on any atom is -0.381 e. The summed E-state index contributed by atoms with van der Waals surface area (Å²) in [7, 11) is 0. The van der Waals surface area contributed by atoms with Gasteiger partial charge >= 0.3 is 0 Å². The molecule has 0 unspecified atom stereocenters. The van der Waals surface area contributed by atoms with E-state index in [1.54, 1.807) is 6.20 Å². The van der Waals surface area contributed by atoms with E-state index >= 15 is 0 Å². The van der Waals surface area contributed by atoms with Crippen molar-refractivity contribution in [2.45, 2.75) is 60.4 Å². The number of aromatic nitrogens is 3. The Balaban J connectivity index is 1.06. The second kappa shape index (κ2) is 8.09. The molecule has 8 nitrogen and oxygen atoms in total. The molecule has 4 N–H and O–H groups in total. The summed E-state index contributed by atoms with van der Waals surface area (Å²) in [5.41, 5.74) is 10.4. The fourth-order valence-electron chi connectivity index (χ4n) is 6.04. The molecule has 0 radical (unpaired) electrons. The van der Waals surface area contributed by atoms with Gasteiger partial charge in [0.25, 0.3) is 0 Å². The van der Waals surface area contributed by atoms with Crippen LogP contribution < -0.4 is 21.3 Å². The Morgan fingerprint density at radius 3 is 2.42 bits per heavy atom. The number of pyridine rings is 1. The Morgan fingerprint density at radius 2 is 1.72 bits per heavy atom. The molecule has 1 saturated carbocycles. The van der Waals surface area contributed by atoms with Gasteiger partial charge in [0.05, 0.1) is 11.9 Å². The van der Waals surface area contributed by atoms with Gasteiger partial charge in [0.2, 0.25) is 5.91 Å². The Bertz CT molecular complexity index is 1340. The third kappa shape index (κ3) is 3.86. The minimum absolute atomic E-state index is 0.0104. The molecule has 36 heavy (non-hydrogen) atoms. The summed E-state index contributed by atoms with van der Waals surface area (Å²) >= 11 is 1.41. The van der Waals surface area contributed by atoms with Crippen molar-refractivity contribution >= 4 is 40.8 Å². The maximum atomic E-state index is 12.5. The van der Waals surface area contributed by atoms with Crippen LogP contribution in [0.25, 0.3) is 0 Å². The van der Waals surface area contributed by atoms with Gasteiger partial charge in [0.15, 0.2) is 11.6 Å². The van der Waals surface area contributed by atoms with E-state index in [-0.39, 0.29) is 11.4 Å². The lowest BCUT2D eigenvalue weighted by molar-refractivity contribution is -0.116. The third-order valence-corrected chi connectivity index (χ3v) is 9.34. The fraction of sp³-hybridized carbons (Fsp3) is 0.407. The van der Waals surface area contributed by atoms with E-state index in [1.165, 1.54) is 35.7 Å². The summed E-state index contributed by atoms with van der Waals surface area (Å²) in [6.07, 6.45) is 10.7. The normalized spacial score (nSPS) is 20.9. The third-order valence-electron chi connectivity index (χ3n) is 8.27. The summed E-state index contributed by atoms with van der Waals surface area (Å²) in [4.78, 5) is 29.6. The predicted octanol–water partition coefficient (Wildman–Crippen LogP) is 4.28. The topological polar surface area (TPSA) is 109 Å². The average molecular weight is 500 g/mol. The van der Waals surface area contributed by atoms with E-state index in [0.29, 0.717) is 34.2 Å². The molecular weight excluding hydrogens is 470 g/mol. The molecule has 2 fully saturated rings. The molecule has 3 aromatic rings. The highest BCUT2D eigenvalue weighted by Gasteiger charge is 2.47. The van der Waals surface area contributed by atoms with Gasteiger partial charge < -0.3 is 21.3 Å².